The lowest BCUT2D eigenvalue weighted by Crippen LogP contribution is -2.43. The maximum absolute atomic E-state index is 12.1. The number of piperidine rings is 1. The number of nitrogens with zero attached hydrogens (tertiary/aromatic N) is 2. The van der Waals surface area contributed by atoms with Crippen LogP contribution in [0.5, 0.6) is 0 Å². The standard InChI is InChI=1S/C14H16N2O/c17-14-10-12(11-6-2-1-3-7-11)15-13-8-4-5-9-16(13)14/h1-3,6-7,12H,4-5,8-10H2. The Morgan fingerprint density at radius 1 is 1.18 bits per heavy atom. The predicted octanol–water partition coefficient (Wildman–Crippen LogP) is 2.54. The third-order valence-electron chi connectivity index (χ3n) is 3.50. The normalized spacial score (nSPS) is 24.2. The molecule has 1 atom stereocenters. The van der Waals surface area contributed by atoms with Crippen molar-refractivity contribution in [1.82, 2.24) is 4.90 Å². The van der Waals surface area contributed by atoms with Gasteiger partial charge in [-0.3, -0.25) is 9.79 Å². The van der Waals surface area contributed by atoms with Crippen LogP contribution < -0.4 is 0 Å². The van der Waals surface area contributed by atoms with Crippen molar-refractivity contribution in [3.63, 3.8) is 0 Å². The van der Waals surface area contributed by atoms with E-state index in [1.165, 1.54) is 0 Å². The van der Waals surface area contributed by atoms with Gasteiger partial charge in [0, 0.05) is 13.0 Å². The number of hydrogen-bond donors (Lipinski definition) is 0. The Bertz CT molecular complexity index is 453. The molecule has 0 saturated carbocycles. The molecule has 0 spiro atoms. The lowest BCUT2D eigenvalue weighted by Gasteiger charge is -2.34. The van der Waals surface area contributed by atoms with Crippen molar-refractivity contribution >= 4 is 11.7 Å². The van der Waals surface area contributed by atoms with Crippen LogP contribution in [0.4, 0.5) is 0 Å². The third-order valence-corrected chi connectivity index (χ3v) is 3.50. The highest BCUT2D eigenvalue weighted by Gasteiger charge is 2.30. The molecule has 2 aliphatic heterocycles. The van der Waals surface area contributed by atoms with Gasteiger partial charge < -0.3 is 4.90 Å². The first-order chi connectivity index (χ1) is 8.34. The molecular weight excluding hydrogens is 212 g/mol. The largest absolute Gasteiger partial charge is 0.301 e. The molecule has 2 aliphatic rings. The first-order valence-electron chi connectivity index (χ1n) is 6.26. The molecule has 1 aromatic rings. The van der Waals surface area contributed by atoms with Crippen LogP contribution in [0.1, 0.15) is 37.3 Å². The van der Waals surface area contributed by atoms with Gasteiger partial charge in [0.15, 0.2) is 0 Å². The summed E-state index contributed by atoms with van der Waals surface area (Å²) >= 11 is 0. The van der Waals surface area contributed by atoms with E-state index in [0.717, 1.165) is 37.2 Å². The molecule has 0 radical (unpaired) electrons. The van der Waals surface area contributed by atoms with Crippen molar-refractivity contribution in [1.29, 1.82) is 0 Å². The molecular formula is C14H16N2O. The van der Waals surface area contributed by atoms with E-state index >= 15 is 0 Å². The number of hydrogen-bond acceptors (Lipinski definition) is 2. The molecule has 3 rings (SSSR count). The summed E-state index contributed by atoms with van der Waals surface area (Å²) in [5, 5.41) is 0. The Morgan fingerprint density at radius 3 is 2.82 bits per heavy atom. The number of amides is 1. The maximum atomic E-state index is 12.1. The van der Waals surface area contributed by atoms with Gasteiger partial charge in [-0.1, -0.05) is 30.3 Å². The highest BCUT2D eigenvalue weighted by Crippen LogP contribution is 2.29. The highest BCUT2D eigenvalue weighted by molar-refractivity contribution is 6.00. The Balaban J connectivity index is 1.91. The monoisotopic (exact) mass is 228 g/mol. The smallest absolute Gasteiger partial charge is 0.230 e. The Morgan fingerprint density at radius 2 is 2.00 bits per heavy atom. The highest BCUT2D eigenvalue weighted by atomic mass is 16.2. The van der Waals surface area contributed by atoms with Crippen LogP contribution in [0.3, 0.4) is 0 Å². The molecule has 0 aliphatic carbocycles. The molecule has 0 bridgehead atoms. The van der Waals surface area contributed by atoms with Gasteiger partial charge in [0.1, 0.15) is 5.84 Å². The molecule has 1 saturated heterocycles. The van der Waals surface area contributed by atoms with Crippen LogP contribution in [0, 0.1) is 0 Å². The first kappa shape index (κ1) is 10.5. The number of aliphatic imine (C=N–C) groups is 1. The second-order valence-electron chi connectivity index (χ2n) is 4.68. The van der Waals surface area contributed by atoms with Crippen LogP contribution >= 0.6 is 0 Å². The minimum Gasteiger partial charge on any atom is -0.301 e. The maximum Gasteiger partial charge on any atom is 0.230 e. The van der Waals surface area contributed by atoms with E-state index in [1.54, 1.807) is 0 Å². The Labute approximate surface area is 101 Å². The summed E-state index contributed by atoms with van der Waals surface area (Å²) in [4.78, 5) is 18.7. The van der Waals surface area contributed by atoms with E-state index < -0.39 is 0 Å². The second-order valence-corrected chi connectivity index (χ2v) is 4.68. The van der Waals surface area contributed by atoms with Crippen LogP contribution in [-0.2, 0) is 4.79 Å². The summed E-state index contributed by atoms with van der Waals surface area (Å²) < 4.78 is 0. The van der Waals surface area contributed by atoms with E-state index in [2.05, 4.69) is 12.1 Å². The number of benzene rings is 1. The predicted molar refractivity (Wildman–Crippen MR) is 66.8 cm³/mol. The summed E-state index contributed by atoms with van der Waals surface area (Å²) in [5.41, 5.74) is 1.15. The van der Waals surface area contributed by atoms with Gasteiger partial charge in [-0.25, -0.2) is 0 Å². The number of fused-ring (bicyclic) bond motifs is 1. The molecule has 3 nitrogen and oxygen atoms in total. The summed E-state index contributed by atoms with van der Waals surface area (Å²) in [6.07, 6.45) is 3.74. The molecule has 17 heavy (non-hydrogen) atoms. The third kappa shape index (κ3) is 1.97. The summed E-state index contributed by atoms with van der Waals surface area (Å²) in [5.74, 6) is 1.24. The van der Waals surface area contributed by atoms with Gasteiger partial charge in [-0.05, 0) is 18.4 Å². The fourth-order valence-corrected chi connectivity index (χ4v) is 2.59. The van der Waals surface area contributed by atoms with Crippen LogP contribution in [0.25, 0.3) is 0 Å². The van der Waals surface area contributed by atoms with Crippen LogP contribution in [0.2, 0.25) is 0 Å². The molecule has 1 amide bonds. The van der Waals surface area contributed by atoms with E-state index in [4.69, 9.17) is 4.99 Å². The average Bonchev–Trinajstić information content (AvgIpc) is 2.40. The minimum absolute atomic E-state index is 0.0352. The van der Waals surface area contributed by atoms with Crippen molar-refractivity contribution in [2.45, 2.75) is 31.7 Å². The van der Waals surface area contributed by atoms with Gasteiger partial charge in [0.2, 0.25) is 5.91 Å². The van der Waals surface area contributed by atoms with Gasteiger partial charge in [-0.15, -0.1) is 0 Å². The van der Waals surface area contributed by atoms with Gasteiger partial charge >= 0.3 is 0 Å². The zero-order chi connectivity index (χ0) is 11.7. The van der Waals surface area contributed by atoms with Gasteiger partial charge in [0.05, 0.1) is 12.5 Å². The summed E-state index contributed by atoms with van der Waals surface area (Å²) in [7, 11) is 0. The molecule has 3 heteroatoms. The zero-order valence-electron chi connectivity index (χ0n) is 9.80. The van der Waals surface area contributed by atoms with E-state index in [-0.39, 0.29) is 11.9 Å². The van der Waals surface area contributed by atoms with Crippen molar-refractivity contribution in [2.75, 3.05) is 6.54 Å². The quantitative estimate of drug-likeness (QED) is 0.727. The molecule has 2 heterocycles. The SMILES string of the molecule is O=C1CC(c2ccccc2)N=C2CCCCN12. The Hall–Kier alpha value is -1.64. The van der Waals surface area contributed by atoms with Crippen LogP contribution in [-0.4, -0.2) is 23.2 Å². The zero-order valence-corrected chi connectivity index (χ0v) is 9.80. The van der Waals surface area contributed by atoms with Crippen LogP contribution in [0.15, 0.2) is 35.3 Å². The van der Waals surface area contributed by atoms with Crippen molar-refractivity contribution in [3.8, 4) is 0 Å². The number of amidine groups is 1. The fraction of sp³-hybridized carbons (Fsp3) is 0.429. The lowest BCUT2D eigenvalue weighted by atomic mass is 9.99. The molecule has 1 unspecified atom stereocenters. The first-order valence-corrected chi connectivity index (χ1v) is 6.26. The van der Waals surface area contributed by atoms with Crippen molar-refractivity contribution < 1.29 is 4.79 Å². The average molecular weight is 228 g/mol. The minimum atomic E-state index is 0.0352. The van der Waals surface area contributed by atoms with Crippen molar-refractivity contribution in [3.05, 3.63) is 35.9 Å². The molecule has 1 aromatic carbocycles. The van der Waals surface area contributed by atoms with E-state index in [9.17, 15) is 4.79 Å². The van der Waals surface area contributed by atoms with Crippen molar-refractivity contribution in [2.24, 2.45) is 4.99 Å². The summed E-state index contributed by atoms with van der Waals surface area (Å²) in [6, 6.07) is 10.2. The summed E-state index contributed by atoms with van der Waals surface area (Å²) in [6.45, 7) is 0.860. The fourth-order valence-electron chi connectivity index (χ4n) is 2.59. The molecule has 1 fully saturated rings. The molecule has 0 N–H and O–H groups in total. The topological polar surface area (TPSA) is 32.7 Å². The van der Waals surface area contributed by atoms with E-state index in [1.807, 2.05) is 23.1 Å². The van der Waals surface area contributed by atoms with E-state index in [0.29, 0.717) is 6.42 Å². The van der Waals surface area contributed by atoms with Gasteiger partial charge in [0.25, 0.3) is 0 Å². The number of carbonyl (C=O) groups excluding carboxylic acids is 1. The lowest BCUT2D eigenvalue weighted by molar-refractivity contribution is -0.128. The molecule has 88 valence electrons. The Kier molecular flexibility index (Phi) is 2.67. The number of carbonyl (C=O) groups is 1. The second kappa shape index (κ2) is 4.32. The van der Waals surface area contributed by atoms with Gasteiger partial charge in [-0.2, -0.15) is 0 Å². The molecule has 0 aromatic heterocycles. The number of rotatable bonds is 1.